The summed E-state index contributed by atoms with van der Waals surface area (Å²) in [5.41, 5.74) is 0. The Morgan fingerprint density at radius 3 is 1.22 bits per heavy atom. The molecule has 0 bridgehead atoms. The summed E-state index contributed by atoms with van der Waals surface area (Å²) in [6, 6.07) is 0. The summed E-state index contributed by atoms with van der Waals surface area (Å²) >= 11 is 0. The average Bonchev–Trinajstić information content (AvgIpc) is 1.41. The topological polar surface area (TPSA) is 109 Å². The second-order valence-corrected chi connectivity index (χ2v) is 0.250. The largest absolute Gasteiger partial charge is 1.00 e. The fraction of sp³-hybridized carbons (Fsp3) is 0. The zero-order valence-corrected chi connectivity index (χ0v) is 12.2. The molecule has 0 aliphatic carbocycles. The molecule has 0 fully saturated rings. The van der Waals surface area contributed by atoms with E-state index >= 15 is 0 Å². The third-order valence-corrected chi connectivity index (χ3v) is 0. The molecule has 0 aliphatic heterocycles. The number of hydrogen-bond donors (Lipinski definition) is 2. The van der Waals surface area contributed by atoms with Gasteiger partial charge in [-0.15, -0.1) is 12.4 Å². The number of carbonyl (C=O) groups excluding carboxylic acids is 1. The van der Waals surface area contributed by atoms with Crippen molar-refractivity contribution in [3.8, 4) is 0 Å². The molecule has 8 heteroatoms. The van der Waals surface area contributed by atoms with Crippen molar-refractivity contribution < 1.29 is 123 Å². The van der Waals surface area contributed by atoms with Gasteiger partial charge in [-0.05, 0) is 6.16 Å². The van der Waals surface area contributed by atoms with Gasteiger partial charge in [0.2, 0.25) is 0 Å². The smallest absolute Gasteiger partial charge is 0.652 e. The third kappa shape index (κ3) is 109. The maximum atomic E-state index is 8.33. The first-order valence-electron chi connectivity index (χ1n) is 0.871. The van der Waals surface area contributed by atoms with Gasteiger partial charge in [0.05, 0.1) is 0 Å². The van der Waals surface area contributed by atoms with E-state index in [0.717, 1.165) is 0 Å². The van der Waals surface area contributed by atoms with Crippen LogP contribution >= 0.6 is 12.4 Å². The maximum absolute atomic E-state index is 8.33. The van der Waals surface area contributed by atoms with Crippen molar-refractivity contribution in [2.45, 2.75) is 0 Å². The first-order chi connectivity index (χ1) is 2.73. The summed E-state index contributed by atoms with van der Waals surface area (Å²) in [7, 11) is 0. The van der Waals surface area contributed by atoms with Crippen LogP contribution in [0.1, 0.15) is 0 Å². The molecule has 0 aromatic heterocycles. The first-order valence-corrected chi connectivity index (χ1v) is 0.871. The molecule has 3 N–H and O–H groups in total. The molecule has 0 radical (unpaired) electrons. The normalized spacial score (nSPS) is 3.33. The molecule has 46 valence electrons. The summed E-state index contributed by atoms with van der Waals surface area (Å²) in [6.07, 6.45) is -2.33. The molecule has 0 unspecified atom stereocenters. The number of carbonyl (C=O) groups is 1. The first kappa shape index (κ1) is 29.8. The van der Waals surface area contributed by atoms with E-state index in [0.29, 0.717) is 0 Å². The summed E-state index contributed by atoms with van der Waals surface area (Å²) in [5, 5.41) is 23.2. The Hall–Kier alpha value is 2.75. The molecule has 0 aromatic carbocycles. The van der Waals surface area contributed by atoms with Crippen LogP contribution in [0.5, 0.6) is 0 Å². The Balaban J connectivity index is -0.00000000990. The minimum absolute atomic E-state index is 0. The van der Waals surface area contributed by atoms with Crippen molar-refractivity contribution in [2.75, 3.05) is 0 Å². The zero-order valence-electron chi connectivity index (χ0n) is 5.16. The molecule has 0 aromatic rings. The van der Waals surface area contributed by atoms with Crippen molar-refractivity contribution in [3.05, 3.63) is 0 Å². The Labute approximate surface area is 144 Å². The minimum atomic E-state index is -2.33. The Kier molecular flexibility index (Phi) is 102. The Bertz CT molecular complexity index is 41.5. The van der Waals surface area contributed by atoms with E-state index in [1.165, 1.54) is 0 Å². The van der Waals surface area contributed by atoms with E-state index in [9.17, 15) is 0 Å². The van der Waals surface area contributed by atoms with Crippen LogP contribution in [0, 0.1) is 0 Å². The molecule has 5 nitrogen and oxygen atoms in total. The van der Waals surface area contributed by atoms with E-state index in [1.54, 1.807) is 0 Å². The summed E-state index contributed by atoms with van der Waals surface area (Å²) in [5.74, 6) is 3.50. The van der Waals surface area contributed by atoms with Gasteiger partial charge in [0, 0.05) is 0 Å². The fourth-order valence-electron chi connectivity index (χ4n) is 0. The SMILES string of the molecule is Cl.NO.O=C([O-])[O-].[K+].[K+]. The van der Waals surface area contributed by atoms with Crippen LogP contribution < -0.4 is 119 Å². The number of rotatable bonds is 0. The number of hydrogen-bond acceptors (Lipinski definition) is 5. The molecule has 0 saturated carbocycles. The minimum Gasteiger partial charge on any atom is -0.652 e. The Morgan fingerprint density at radius 1 is 1.22 bits per heavy atom. The van der Waals surface area contributed by atoms with Crippen molar-refractivity contribution in [1.82, 2.24) is 0 Å². The van der Waals surface area contributed by atoms with E-state index < -0.39 is 6.16 Å². The Morgan fingerprint density at radius 2 is 1.22 bits per heavy atom. The molecular weight excluding hydrogens is 204 g/mol. The van der Waals surface area contributed by atoms with Gasteiger partial charge in [0.25, 0.3) is 0 Å². The number of halogens is 1. The predicted molar refractivity (Wildman–Crippen MR) is 18.6 cm³/mol. The van der Waals surface area contributed by atoms with Gasteiger partial charge in [-0.2, -0.15) is 0 Å². The van der Waals surface area contributed by atoms with Crippen molar-refractivity contribution in [1.29, 1.82) is 0 Å². The maximum Gasteiger partial charge on any atom is 1.00 e. The van der Waals surface area contributed by atoms with Crippen LogP contribution in [-0.4, -0.2) is 11.4 Å². The van der Waals surface area contributed by atoms with E-state index in [2.05, 4.69) is 5.90 Å². The zero-order chi connectivity index (χ0) is 5.58. The molecule has 0 atom stereocenters. The molecule has 0 amide bonds. The van der Waals surface area contributed by atoms with E-state index in [4.69, 9.17) is 20.2 Å². The van der Waals surface area contributed by atoms with Gasteiger partial charge in [-0.25, -0.2) is 5.90 Å². The molecular formula is CH4ClK2NO4. The van der Waals surface area contributed by atoms with Gasteiger partial charge in [-0.3, -0.25) is 0 Å². The summed E-state index contributed by atoms with van der Waals surface area (Å²) < 4.78 is 0. The van der Waals surface area contributed by atoms with Gasteiger partial charge < -0.3 is 20.2 Å². The summed E-state index contributed by atoms with van der Waals surface area (Å²) in [6.45, 7) is 0. The van der Waals surface area contributed by atoms with E-state index in [1.807, 2.05) is 0 Å². The predicted octanol–water partition coefficient (Wildman–Crippen LogP) is -8.68. The standard InChI is InChI=1S/CH2O3.ClH.2K.H3NO/c2-1(3)4;;;;1-2/h(H2,2,3,4);1H;;;2H,1H2/q;;2*+1;/p-2. The van der Waals surface area contributed by atoms with Crippen molar-refractivity contribution in [3.63, 3.8) is 0 Å². The summed E-state index contributed by atoms with van der Waals surface area (Å²) in [4.78, 5) is 8.33. The fourth-order valence-corrected chi connectivity index (χ4v) is 0. The second-order valence-electron chi connectivity index (χ2n) is 0.250. The quantitative estimate of drug-likeness (QED) is 0.303. The molecule has 9 heavy (non-hydrogen) atoms. The molecule has 0 rings (SSSR count). The van der Waals surface area contributed by atoms with Crippen LogP contribution in [0.15, 0.2) is 0 Å². The van der Waals surface area contributed by atoms with Crippen LogP contribution in [0.25, 0.3) is 0 Å². The van der Waals surface area contributed by atoms with Crippen molar-refractivity contribution >= 4 is 18.6 Å². The van der Waals surface area contributed by atoms with E-state index in [-0.39, 0.29) is 115 Å². The molecule has 0 aliphatic rings. The molecule has 0 spiro atoms. The molecule has 0 heterocycles. The van der Waals surface area contributed by atoms with Crippen LogP contribution in [0.4, 0.5) is 4.79 Å². The van der Waals surface area contributed by atoms with Crippen LogP contribution in [0.2, 0.25) is 0 Å². The number of nitrogens with two attached hydrogens (primary N) is 1. The van der Waals surface area contributed by atoms with Crippen LogP contribution in [0.3, 0.4) is 0 Å². The third-order valence-electron chi connectivity index (χ3n) is 0. The van der Waals surface area contributed by atoms with Gasteiger partial charge in [0.15, 0.2) is 0 Å². The molecule has 0 saturated heterocycles. The second kappa shape index (κ2) is 30.9. The number of carboxylic acid groups (broad SMARTS) is 2. The monoisotopic (exact) mass is 207 g/mol. The van der Waals surface area contributed by atoms with Gasteiger partial charge in [-0.1, -0.05) is 0 Å². The van der Waals surface area contributed by atoms with Gasteiger partial charge in [0.1, 0.15) is 0 Å². The van der Waals surface area contributed by atoms with Crippen molar-refractivity contribution in [2.24, 2.45) is 5.90 Å². The average molecular weight is 208 g/mol. The van der Waals surface area contributed by atoms with Gasteiger partial charge >= 0.3 is 103 Å². The van der Waals surface area contributed by atoms with Crippen LogP contribution in [-0.2, 0) is 0 Å².